The number of allylic oxidation sites excluding steroid dienone is 1. The second kappa shape index (κ2) is 8.18. The van der Waals surface area contributed by atoms with Gasteiger partial charge in [0.1, 0.15) is 0 Å². The van der Waals surface area contributed by atoms with E-state index in [1.54, 1.807) is 13.8 Å². The van der Waals surface area contributed by atoms with Crippen LogP contribution in [-0.2, 0) is 14.9 Å². The minimum absolute atomic E-state index is 0. The number of rotatable bonds is 3. The van der Waals surface area contributed by atoms with Gasteiger partial charge in [-0.3, -0.25) is 4.55 Å². The van der Waals surface area contributed by atoms with E-state index in [0.29, 0.717) is 10.1 Å². The Balaban J connectivity index is -0.000000218. The summed E-state index contributed by atoms with van der Waals surface area (Å²) in [4.78, 5) is 10.00. The molecule has 5 N–H and O–H groups in total. The summed E-state index contributed by atoms with van der Waals surface area (Å²) >= 11 is 0. The zero-order valence-corrected chi connectivity index (χ0v) is 11.8. The number of carboxylic acid groups (broad SMARTS) is 1. The van der Waals surface area contributed by atoms with Crippen LogP contribution in [0.15, 0.2) is 11.0 Å². The van der Waals surface area contributed by atoms with Crippen LogP contribution in [0, 0.1) is 0 Å². The predicted molar refractivity (Wildman–Crippen MR) is 66.5 cm³/mol. The van der Waals surface area contributed by atoms with E-state index in [1.807, 2.05) is 21.1 Å². The molecular formula is C9H23N2O5S+. The fraction of sp³-hybridized carbons (Fsp3) is 0.667. The van der Waals surface area contributed by atoms with Gasteiger partial charge in [-0.1, -0.05) is 5.57 Å². The first-order valence-electron chi connectivity index (χ1n) is 4.48. The molecule has 8 heteroatoms. The van der Waals surface area contributed by atoms with Crippen molar-refractivity contribution in [1.82, 2.24) is 6.15 Å². The van der Waals surface area contributed by atoms with E-state index in [-0.39, 0.29) is 12.7 Å². The molecule has 104 valence electrons. The van der Waals surface area contributed by atoms with Crippen molar-refractivity contribution in [1.29, 1.82) is 0 Å². The van der Waals surface area contributed by atoms with Gasteiger partial charge in [-0.05, 0) is 13.8 Å². The number of nitrogens with zero attached hydrogens (tertiary/aromatic N) is 1. The van der Waals surface area contributed by atoms with Crippen LogP contribution in [0.3, 0.4) is 0 Å². The largest absolute Gasteiger partial charge is 0.477 e. The van der Waals surface area contributed by atoms with Crippen molar-refractivity contribution in [2.45, 2.75) is 13.8 Å². The normalized spacial score (nSPS) is 10.5. The Morgan fingerprint density at radius 2 is 1.59 bits per heavy atom. The van der Waals surface area contributed by atoms with Crippen LogP contribution in [0.4, 0.5) is 0 Å². The lowest BCUT2D eigenvalue weighted by Gasteiger charge is -2.20. The van der Waals surface area contributed by atoms with Gasteiger partial charge >= 0.3 is 5.97 Å². The Labute approximate surface area is 103 Å². The van der Waals surface area contributed by atoms with Crippen LogP contribution in [0.1, 0.15) is 13.8 Å². The first-order chi connectivity index (χ1) is 6.83. The molecule has 0 saturated carbocycles. The molecule has 0 spiro atoms. The van der Waals surface area contributed by atoms with Crippen molar-refractivity contribution < 1.29 is 27.4 Å². The average Bonchev–Trinajstić information content (AvgIpc) is 1.72. The first kappa shape index (κ1) is 21.3. The fourth-order valence-electron chi connectivity index (χ4n) is 0.704. The molecule has 0 fully saturated rings. The van der Waals surface area contributed by atoms with E-state index in [9.17, 15) is 13.2 Å². The number of carbonyl (C=O) groups is 1. The van der Waals surface area contributed by atoms with Crippen LogP contribution in [0.5, 0.6) is 0 Å². The Bertz CT molecular complexity index is 350. The summed E-state index contributed by atoms with van der Waals surface area (Å²) < 4.78 is 28.4. The van der Waals surface area contributed by atoms with E-state index < -0.39 is 16.1 Å². The average molecular weight is 271 g/mol. The maximum Gasteiger partial charge on any atom is 0.359 e. The zero-order valence-electron chi connectivity index (χ0n) is 11.0. The highest BCUT2D eigenvalue weighted by Gasteiger charge is 2.11. The number of quaternary nitrogens is 1. The summed E-state index contributed by atoms with van der Waals surface area (Å²) in [6.45, 7) is 3.36. The van der Waals surface area contributed by atoms with Gasteiger partial charge in [0.15, 0.2) is 6.54 Å². The Kier molecular flexibility index (Phi) is 10.3. The van der Waals surface area contributed by atoms with Crippen molar-refractivity contribution in [3.63, 3.8) is 0 Å². The molecule has 17 heavy (non-hydrogen) atoms. The summed E-state index contributed by atoms with van der Waals surface area (Å²) in [6, 6.07) is 0. The lowest BCUT2D eigenvalue weighted by molar-refractivity contribution is -0.862. The van der Waals surface area contributed by atoms with Gasteiger partial charge in [0, 0.05) is 0 Å². The van der Waals surface area contributed by atoms with Crippen molar-refractivity contribution in [3.05, 3.63) is 11.0 Å². The van der Waals surface area contributed by atoms with Gasteiger partial charge in [0.05, 0.1) is 26.6 Å². The minimum atomic E-state index is -3.89. The SMILES string of the molecule is CC(C)=CS(=O)(=O)O.C[N+](C)(C)CC(=O)O.N. The third kappa shape index (κ3) is 31.3. The second-order valence-corrected chi connectivity index (χ2v) is 5.82. The third-order valence-corrected chi connectivity index (χ3v) is 1.76. The van der Waals surface area contributed by atoms with Gasteiger partial charge in [-0.2, -0.15) is 8.42 Å². The first-order valence-corrected chi connectivity index (χ1v) is 5.98. The lowest BCUT2D eigenvalue weighted by Crippen LogP contribution is -2.39. The highest BCUT2D eigenvalue weighted by Crippen LogP contribution is 1.92. The maximum atomic E-state index is 10.00. The van der Waals surface area contributed by atoms with Crippen LogP contribution in [0.2, 0.25) is 0 Å². The van der Waals surface area contributed by atoms with Gasteiger partial charge in [-0.15, -0.1) is 0 Å². The molecule has 0 heterocycles. The van der Waals surface area contributed by atoms with Crippen LogP contribution in [0.25, 0.3) is 0 Å². The Morgan fingerprint density at radius 3 is 1.59 bits per heavy atom. The highest BCUT2D eigenvalue weighted by atomic mass is 32.2. The third-order valence-electron chi connectivity index (χ3n) is 0.994. The summed E-state index contributed by atoms with van der Waals surface area (Å²) in [6.07, 6.45) is 0. The maximum absolute atomic E-state index is 10.00. The monoisotopic (exact) mass is 271 g/mol. The van der Waals surface area contributed by atoms with E-state index >= 15 is 0 Å². The van der Waals surface area contributed by atoms with Gasteiger partial charge in [0.25, 0.3) is 10.1 Å². The molecule has 0 aliphatic carbocycles. The number of likely N-dealkylation sites (N-methyl/N-ethyl adjacent to an activating group) is 1. The van der Waals surface area contributed by atoms with E-state index in [2.05, 4.69) is 0 Å². The van der Waals surface area contributed by atoms with Crippen LogP contribution in [-0.4, -0.2) is 56.2 Å². The molecular weight excluding hydrogens is 248 g/mol. The number of aliphatic carboxylic acids is 1. The van der Waals surface area contributed by atoms with E-state index in [1.165, 1.54) is 0 Å². The predicted octanol–water partition coefficient (Wildman–Crippen LogP) is 0.737. The molecule has 0 aromatic carbocycles. The molecule has 0 aliphatic rings. The fourth-order valence-corrected chi connectivity index (χ4v) is 1.30. The quantitative estimate of drug-likeness (QED) is 0.513. The molecule has 0 radical (unpaired) electrons. The summed E-state index contributed by atoms with van der Waals surface area (Å²) in [7, 11) is 1.64. The molecule has 0 bridgehead atoms. The van der Waals surface area contributed by atoms with Gasteiger partial charge < -0.3 is 15.7 Å². The Hall–Kier alpha value is -0.960. The van der Waals surface area contributed by atoms with Crippen LogP contribution < -0.4 is 6.15 Å². The lowest BCUT2D eigenvalue weighted by atomic mass is 10.4. The molecule has 7 nitrogen and oxygen atoms in total. The molecule has 0 aliphatic heterocycles. The van der Waals surface area contributed by atoms with Crippen molar-refractivity contribution in [2.24, 2.45) is 0 Å². The summed E-state index contributed by atoms with van der Waals surface area (Å²) in [5.41, 5.74) is 0.563. The van der Waals surface area contributed by atoms with Crippen molar-refractivity contribution >= 4 is 16.1 Å². The topological polar surface area (TPSA) is 127 Å². The van der Waals surface area contributed by atoms with Crippen molar-refractivity contribution in [3.8, 4) is 0 Å². The smallest absolute Gasteiger partial charge is 0.359 e. The number of hydrogen-bond donors (Lipinski definition) is 3. The zero-order chi connectivity index (χ0) is 13.6. The summed E-state index contributed by atoms with van der Waals surface area (Å²) in [5.74, 6) is -0.752. The number of carboxylic acids is 1. The molecule has 0 atom stereocenters. The second-order valence-electron chi connectivity index (χ2n) is 4.55. The van der Waals surface area contributed by atoms with E-state index in [0.717, 1.165) is 5.41 Å². The van der Waals surface area contributed by atoms with E-state index in [4.69, 9.17) is 9.66 Å². The molecule has 0 saturated heterocycles. The Morgan fingerprint density at radius 1 is 1.24 bits per heavy atom. The van der Waals surface area contributed by atoms with Crippen LogP contribution >= 0.6 is 0 Å². The molecule has 0 rings (SSSR count). The molecule has 0 aromatic rings. The molecule has 0 aromatic heterocycles. The van der Waals surface area contributed by atoms with Crippen molar-refractivity contribution in [2.75, 3.05) is 27.7 Å². The highest BCUT2D eigenvalue weighted by molar-refractivity contribution is 7.88. The standard InChI is InChI=1S/C5H11NO2.C4H8O3S.H3N/c1-6(2,3)4-5(7)8;1-4(2)3-8(5,6)7;/h4H2,1-3H3;3H,1-2H3,(H,5,6,7);1H3/p+1. The molecule has 0 unspecified atom stereocenters. The minimum Gasteiger partial charge on any atom is -0.477 e. The van der Waals surface area contributed by atoms with Gasteiger partial charge in [0.2, 0.25) is 0 Å². The summed E-state index contributed by atoms with van der Waals surface area (Å²) in [5, 5.41) is 9.03. The number of hydrogen-bond acceptors (Lipinski definition) is 4. The van der Waals surface area contributed by atoms with Gasteiger partial charge in [-0.25, -0.2) is 4.79 Å². The molecule has 0 amide bonds.